The SMILES string of the molecule is CC[C@@H]1CC(=O)NN=C1c1ccc(NC(C)=O)cc1. The van der Waals surface area contributed by atoms with Crippen LogP contribution < -0.4 is 10.7 Å². The minimum atomic E-state index is -0.0959. The molecule has 5 nitrogen and oxygen atoms in total. The van der Waals surface area contributed by atoms with Gasteiger partial charge in [-0.25, -0.2) is 5.43 Å². The van der Waals surface area contributed by atoms with E-state index in [-0.39, 0.29) is 17.7 Å². The first-order valence-electron chi connectivity index (χ1n) is 6.34. The highest BCUT2D eigenvalue weighted by molar-refractivity contribution is 6.06. The lowest BCUT2D eigenvalue weighted by Crippen LogP contribution is -2.33. The number of carbonyl (C=O) groups is 2. The Morgan fingerprint density at radius 3 is 2.68 bits per heavy atom. The maximum atomic E-state index is 11.3. The molecule has 1 aromatic carbocycles. The number of amides is 2. The van der Waals surface area contributed by atoms with Crippen LogP contribution in [0.5, 0.6) is 0 Å². The molecule has 0 radical (unpaired) electrons. The van der Waals surface area contributed by atoms with Gasteiger partial charge in [0.05, 0.1) is 5.71 Å². The molecule has 1 aliphatic rings. The van der Waals surface area contributed by atoms with Crippen LogP contribution in [0.25, 0.3) is 0 Å². The number of benzene rings is 1. The summed E-state index contributed by atoms with van der Waals surface area (Å²) < 4.78 is 0. The summed E-state index contributed by atoms with van der Waals surface area (Å²) in [6, 6.07) is 7.49. The van der Waals surface area contributed by atoms with E-state index in [9.17, 15) is 9.59 Å². The Labute approximate surface area is 112 Å². The number of nitrogens with one attached hydrogen (secondary N) is 2. The first kappa shape index (κ1) is 13.3. The highest BCUT2D eigenvalue weighted by Gasteiger charge is 2.23. The van der Waals surface area contributed by atoms with E-state index in [2.05, 4.69) is 15.8 Å². The molecular formula is C14H17N3O2. The number of hydrazone groups is 1. The van der Waals surface area contributed by atoms with E-state index >= 15 is 0 Å². The Morgan fingerprint density at radius 2 is 2.11 bits per heavy atom. The van der Waals surface area contributed by atoms with E-state index in [1.165, 1.54) is 6.92 Å². The number of rotatable bonds is 3. The quantitative estimate of drug-likeness (QED) is 0.870. The van der Waals surface area contributed by atoms with E-state index in [0.29, 0.717) is 6.42 Å². The molecule has 100 valence electrons. The van der Waals surface area contributed by atoms with Crippen LogP contribution in [-0.2, 0) is 9.59 Å². The van der Waals surface area contributed by atoms with Crippen molar-refractivity contribution < 1.29 is 9.59 Å². The molecule has 0 saturated heterocycles. The van der Waals surface area contributed by atoms with Crippen molar-refractivity contribution in [3.63, 3.8) is 0 Å². The molecule has 5 heteroatoms. The number of anilines is 1. The maximum absolute atomic E-state index is 11.3. The molecule has 2 rings (SSSR count). The Hall–Kier alpha value is -2.17. The topological polar surface area (TPSA) is 70.6 Å². The Bertz CT molecular complexity index is 520. The predicted molar refractivity (Wildman–Crippen MR) is 73.8 cm³/mol. The second-order valence-corrected chi connectivity index (χ2v) is 4.60. The van der Waals surface area contributed by atoms with Crippen molar-refractivity contribution in [2.24, 2.45) is 11.0 Å². The summed E-state index contributed by atoms with van der Waals surface area (Å²) in [4.78, 5) is 22.3. The molecule has 0 bridgehead atoms. The first-order valence-corrected chi connectivity index (χ1v) is 6.34. The van der Waals surface area contributed by atoms with Crippen LogP contribution in [0.2, 0.25) is 0 Å². The van der Waals surface area contributed by atoms with Crippen molar-refractivity contribution in [2.45, 2.75) is 26.7 Å². The van der Waals surface area contributed by atoms with E-state index < -0.39 is 0 Å². The molecule has 2 N–H and O–H groups in total. The zero-order valence-corrected chi connectivity index (χ0v) is 11.1. The van der Waals surface area contributed by atoms with Gasteiger partial charge in [-0.15, -0.1) is 0 Å². The lowest BCUT2D eigenvalue weighted by atomic mass is 9.90. The fourth-order valence-corrected chi connectivity index (χ4v) is 2.15. The summed E-state index contributed by atoms with van der Waals surface area (Å²) in [6.07, 6.45) is 1.35. The standard InChI is InChI=1S/C14H17N3O2/c1-3-10-8-13(19)16-17-14(10)11-4-6-12(7-5-11)15-9(2)18/h4-7,10H,3,8H2,1-2H3,(H,15,18)(H,16,19)/t10-/m1/s1. The zero-order chi connectivity index (χ0) is 13.8. The van der Waals surface area contributed by atoms with Crippen molar-refractivity contribution in [3.8, 4) is 0 Å². The second kappa shape index (κ2) is 5.65. The molecule has 2 amide bonds. The van der Waals surface area contributed by atoms with Crippen LogP contribution in [-0.4, -0.2) is 17.5 Å². The highest BCUT2D eigenvalue weighted by Crippen LogP contribution is 2.21. The molecule has 1 atom stereocenters. The average Bonchev–Trinajstić information content (AvgIpc) is 2.39. The molecule has 1 aliphatic heterocycles. The number of carbonyl (C=O) groups excluding carboxylic acids is 2. The molecule has 0 fully saturated rings. The maximum Gasteiger partial charge on any atom is 0.240 e. The first-order chi connectivity index (χ1) is 9.10. The van der Waals surface area contributed by atoms with Crippen LogP contribution in [0.4, 0.5) is 5.69 Å². The minimum Gasteiger partial charge on any atom is -0.326 e. The third kappa shape index (κ3) is 3.19. The highest BCUT2D eigenvalue weighted by atomic mass is 16.2. The summed E-state index contributed by atoms with van der Waals surface area (Å²) in [6.45, 7) is 3.52. The van der Waals surface area contributed by atoms with Gasteiger partial charge < -0.3 is 5.32 Å². The van der Waals surface area contributed by atoms with Crippen molar-refractivity contribution in [3.05, 3.63) is 29.8 Å². The Balaban J connectivity index is 2.21. The zero-order valence-electron chi connectivity index (χ0n) is 11.1. The van der Waals surface area contributed by atoms with Crippen LogP contribution in [0.1, 0.15) is 32.3 Å². The summed E-state index contributed by atoms with van der Waals surface area (Å²) in [5, 5.41) is 6.87. The summed E-state index contributed by atoms with van der Waals surface area (Å²) >= 11 is 0. The number of hydrogen-bond acceptors (Lipinski definition) is 3. The number of nitrogens with zero attached hydrogens (tertiary/aromatic N) is 1. The van der Waals surface area contributed by atoms with Gasteiger partial charge in [-0.1, -0.05) is 19.1 Å². The molecule has 0 spiro atoms. The van der Waals surface area contributed by atoms with Crippen molar-refractivity contribution in [1.82, 2.24) is 5.43 Å². The minimum absolute atomic E-state index is 0.0366. The van der Waals surface area contributed by atoms with Gasteiger partial charge in [0.2, 0.25) is 11.8 Å². The second-order valence-electron chi connectivity index (χ2n) is 4.60. The van der Waals surface area contributed by atoms with E-state index in [4.69, 9.17) is 0 Å². The molecule has 0 saturated carbocycles. The molecule has 0 unspecified atom stereocenters. The van der Waals surface area contributed by atoms with Crippen molar-refractivity contribution >= 4 is 23.2 Å². The normalized spacial score (nSPS) is 18.5. The molecule has 1 heterocycles. The molecule has 0 aromatic heterocycles. The average molecular weight is 259 g/mol. The summed E-state index contributed by atoms with van der Waals surface area (Å²) in [5.74, 6) is 0.0206. The summed E-state index contributed by atoms with van der Waals surface area (Å²) in [7, 11) is 0. The van der Waals surface area contributed by atoms with E-state index in [1.54, 1.807) is 0 Å². The van der Waals surface area contributed by atoms with Crippen LogP contribution in [0.3, 0.4) is 0 Å². The van der Waals surface area contributed by atoms with Gasteiger partial charge in [0.25, 0.3) is 0 Å². The van der Waals surface area contributed by atoms with Crippen molar-refractivity contribution in [1.29, 1.82) is 0 Å². The lowest BCUT2D eigenvalue weighted by Gasteiger charge is -2.21. The van der Waals surface area contributed by atoms with Gasteiger partial charge in [0.15, 0.2) is 0 Å². The third-order valence-corrected chi connectivity index (χ3v) is 3.11. The molecule has 19 heavy (non-hydrogen) atoms. The van der Waals surface area contributed by atoms with Gasteiger partial charge in [-0.05, 0) is 24.1 Å². The van der Waals surface area contributed by atoms with Gasteiger partial charge in [0, 0.05) is 24.9 Å². The molecule has 0 aliphatic carbocycles. The fraction of sp³-hybridized carbons (Fsp3) is 0.357. The Kier molecular flexibility index (Phi) is 3.94. The van der Waals surface area contributed by atoms with Crippen LogP contribution in [0, 0.1) is 5.92 Å². The molecular weight excluding hydrogens is 242 g/mol. The third-order valence-electron chi connectivity index (χ3n) is 3.11. The summed E-state index contributed by atoms with van der Waals surface area (Å²) in [5.41, 5.74) is 5.15. The monoisotopic (exact) mass is 259 g/mol. The van der Waals surface area contributed by atoms with Crippen LogP contribution in [0.15, 0.2) is 29.4 Å². The lowest BCUT2D eigenvalue weighted by molar-refractivity contribution is -0.122. The van der Waals surface area contributed by atoms with Crippen LogP contribution >= 0.6 is 0 Å². The van der Waals surface area contributed by atoms with Gasteiger partial charge >= 0.3 is 0 Å². The fourth-order valence-electron chi connectivity index (χ4n) is 2.15. The van der Waals surface area contributed by atoms with Crippen molar-refractivity contribution in [2.75, 3.05) is 5.32 Å². The van der Waals surface area contributed by atoms with Gasteiger partial charge in [-0.3, -0.25) is 9.59 Å². The Morgan fingerprint density at radius 1 is 1.42 bits per heavy atom. The molecule has 1 aromatic rings. The van der Waals surface area contributed by atoms with Gasteiger partial charge in [-0.2, -0.15) is 5.10 Å². The largest absolute Gasteiger partial charge is 0.326 e. The van der Waals surface area contributed by atoms with Gasteiger partial charge in [0.1, 0.15) is 0 Å². The van der Waals surface area contributed by atoms with E-state index in [1.807, 2.05) is 31.2 Å². The van der Waals surface area contributed by atoms with E-state index in [0.717, 1.165) is 23.4 Å². The number of hydrogen-bond donors (Lipinski definition) is 2. The predicted octanol–water partition coefficient (Wildman–Crippen LogP) is 1.90. The smallest absolute Gasteiger partial charge is 0.240 e.